The van der Waals surface area contributed by atoms with Crippen LogP contribution in [0.4, 0.5) is 14.6 Å². The molecule has 1 saturated heterocycles. The maximum absolute atomic E-state index is 13.8. The van der Waals surface area contributed by atoms with E-state index in [0.29, 0.717) is 18.1 Å². The van der Waals surface area contributed by atoms with Gasteiger partial charge in [0.05, 0.1) is 17.8 Å². The van der Waals surface area contributed by atoms with Crippen molar-refractivity contribution in [3.05, 3.63) is 58.5 Å². The number of fused-ring (bicyclic) bond motifs is 3. The van der Waals surface area contributed by atoms with Gasteiger partial charge in [-0.25, -0.2) is 23.4 Å². The van der Waals surface area contributed by atoms with E-state index in [-0.39, 0.29) is 23.8 Å². The van der Waals surface area contributed by atoms with Crippen LogP contribution in [0.15, 0.2) is 30.7 Å². The van der Waals surface area contributed by atoms with E-state index in [1.807, 2.05) is 11.1 Å². The van der Waals surface area contributed by atoms with Crippen LogP contribution < -0.4 is 4.90 Å². The van der Waals surface area contributed by atoms with Crippen LogP contribution in [0.1, 0.15) is 25.0 Å². The van der Waals surface area contributed by atoms with Crippen molar-refractivity contribution in [1.82, 2.24) is 24.6 Å². The highest BCUT2D eigenvalue weighted by molar-refractivity contribution is 6.31. The molecule has 0 N–H and O–H groups in total. The van der Waals surface area contributed by atoms with E-state index in [1.54, 1.807) is 4.68 Å². The Morgan fingerprint density at radius 1 is 1.06 bits per heavy atom. The summed E-state index contributed by atoms with van der Waals surface area (Å²) >= 11 is 6.18. The van der Waals surface area contributed by atoms with E-state index < -0.39 is 11.6 Å². The molecule has 7 nitrogen and oxygen atoms in total. The minimum absolute atomic E-state index is 0.169. The van der Waals surface area contributed by atoms with Gasteiger partial charge in [-0.05, 0) is 43.2 Å². The molecular weight excluding hydrogens is 438 g/mol. The monoisotopic (exact) mass is 460 g/mol. The van der Waals surface area contributed by atoms with Gasteiger partial charge < -0.3 is 9.64 Å². The van der Waals surface area contributed by atoms with Crippen LogP contribution in [0.5, 0.6) is 0 Å². The van der Waals surface area contributed by atoms with Crippen molar-refractivity contribution >= 4 is 17.4 Å². The third-order valence-electron chi connectivity index (χ3n) is 5.74. The van der Waals surface area contributed by atoms with Crippen molar-refractivity contribution in [3.63, 3.8) is 0 Å². The van der Waals surface area contributed by atoms with Gasteiger partial charge in [0, 0.05) is 37.4 Å². The quantitative estimate of drug-likeness (QED) is 0.551. The minimum Gasteiger partial charge on any atom is -0.373 e. The van der Waals surface area contributed by atoms with E-state index in [9.17, 15) is 8.78 Å². The van der Waals surface area contributed by atoms with Gasteiger partial charge in [-0.1, -0.05) is 11.6 Å². The van der Waals surface area contributed by atoms with Crippen molar-refractivity contribution < 1.29 is 13.5 Å². The summed E-state index contributed by atoms with van der Waals surface area (Å²) in [6.45, 7) is 7.27. The molecule has 0 bridgehead atoms. The molecule has 2 aliphatic heterocycles. The predicted molar refractivity (Wildman–Crippen MR) is 116 cm³/mol. The largest absolute Gasteiger partial charge is 0.373 e. The third kappa shape index (κ3) is 4.07. The molecule has 0 amide bonds. The Morgan fingerprint density at radius 3 is 2.59 bits per heavy atom. The minimum atomic E-state index is -0.967. The zero-order valence-electron chi connectivity index (χ0n) is 17.8. The van der Waals surface area contributed by atoms with Crippen LogP contribution in [0.3, 0.4) is 0 Å². The lowest BCUT2D eigenvalue weighted by Crippen LogP contribution is -2.44. The normalized spacial score (nSPS) is 20.8. The number of hydrogen-bond donors (Lipinski definition) is 0. The van der Waals surface area contributed by atoms with Crippen LogP contribution in [0.25, 0.3) is 11.4 Å². The predicted octanol–water partition coefficient (Wildman–Crippen LogP) is 3.86. The topological polar surface area (TPSA) is 59.3 Å². The van der Waals surface area contributed by atoms with Crippen LogP contribution in [-0.2, 0) is 24.5 Å². The Balaban J connectivity index is 1.45. The highest BCUT2D eigenvalue weighted by atomic mass is 35.5. The van der Waals surface area contributed by atoms with E-state index in [4.69, 9.17) is 21.3 Å². The summed E-state index contributed by atoms with van der Waals surface area (Å²) in [7, 11) is 0. The smallest absolute Gasteiger partial charge is 0.163 e. The first-order valence-electron chi connectivity index (χ1n) is 10.5. The SMILES string of the molecule is C[C@@H]1CN(Cc2cnc3c(c2)-c2ncnn2CN3Cc2cc(F)c(F)cc2Cl)C[C@H](C)O1. The fourth-order valence-electron chi connectivity index (χ4n) is 4.50. The first kappa shape index (κ1) is 21.2. The van der Waals surface area contributed by atoms with Gasteiger partial charge in [-0.3, -0.25) is 4.90 Å². The van der Waals surface area contributed by atoms with E-state index in [1.165, 1.54) is 6.33 Å². The summed E-state index contributed by atoms with van der Waals surface area (Å²) in [6.07, 6.45) is 3.73. The summed E-state index contributed by atoms with van der Waals surface area (Å²) in [6, 6.07) is 4.20. The number of rotatable bonds is 4. The first-order chi connectivity index (χ1) is 15.4. The summed E-state index contributed by atoms with van der Waals surface area (Å²) in [4.78, 5) is 13.4. The summed E-state index contributed by atoms with van der Waals surface area (Å²) in [5.74, 6) is -0.462. The second kappa shape index (κ2) is 8.38. The molecule has 0 radical (unpaired) electrons. The number of anilines is 1. The molecule has 2 aromatic heterocycles. The molecule has 168 valence electrons. The number of halogens is 3. The van der Waals surface area contributed by atoms with Gasteiger partial charge in [0.25, 0.3) is 0 Å². The summed E-state index contributed by atoms with van der Waals surface area (Å²) in [5, 5.41) is 4.48. The van der Waals surface area contributed by atoms with Crippen LogP contribution in [-0.4, -0.2) is 49.9 Å². The molecular formula is C22H23ClF2N6O. The molecule has 3 aromatic rings. The Labute approximate surface area is 189 Å². The number of morpholine rings is 1. The molecule has 0 unspecified atom stereocenters. The molecule has 0 aliphatic carbocycles. The molecule has 1 aromatic carbocycles. The second-order valence-electron chi connectivity index (χ2n) is 8.45. The fraction of sp³-hybridized carbons (Fsp3) is 0.409. The molecule has 4 heterocycles. The number of nitrogens with zero attached hydrogens (tertiary/aromatic N) is 6. The van der Waals surface area contributed by atoms with Crippen molar-refractivity contribution in [1.29, 1.82) is 0 Å². The molecule has 0 saturated carbocycles. The van der Waals surface area contributed by atoms with E-state index >= 15 is 0 Å². The number of benzene rings is 1. The lowest BCUT2D eigenvalue weighted by molar-refractivity contribution is -0.0705. The van der Waals surface area contributed by atoms with Gasteiger partial charge in [0.15, 0.2) is 17.5 Å². The van der Waals surface area contributed by atoms with Gasteiger partial charge in [-0.15, -0.1) is 0 Å². The lowest BCUT2D eigenvalue weighted by atomic mass is 10.1. The van der Waals surface area contributed by atoms with Crippen LogP contribution in [0, 0.1) is 11.6 Å². The Morgan fingerprint density at radius 2 is 1.81 bits per heavy atom. The Kier molecular flexibility index (Phi) is 5.56. The third-order valence-corrected chi connectivity index (χ3v) is 6.09. The fourth-order valence-corrected chi connectivity index (χ4v) is 4.71. The second-order valence-corrected chi connectivity index (χ2v) is 8.85. The van der Waals surface area contributed by atoms with E-state index in [0.717, 1.165) is 48.7 Å². The molecule has 5 rings (SSSR count). The zero-order chi connectivity index (χ0) is 22.4. The van der Waals surface area contributed by atoms with Gasteiger partial charge in [0.2, 0.25) is 0 Å². The van der Waals surface area contributed by atoms with Gasteiger partial charge in [-0.2, -0.15) is 5.10 Å². The highest BCUT2D eigenvalue weighted by Gasteiger charge is 2.27. The maximum Gasteiger partial charge on any atom is 0.163 e. The standard InChI is InChI=1S/C22H23ClF2N6O/c1-13-7-29(8-14(2)32-13)9-15-3-17-21(26-6-15)30(12-31-22(17)27-11-28-31)10-16-4-19(24)20(25)5-18(16)23/h3-6,11,13-14H,7-10,12H2,1-2H3/t13-,14+. The summed E-state index contributed by atoms with van der Waals surface area (Å²) in [5.41, 5.74) is 2.38. The highest BCUT2D eigenvalue weighted by Crippen LogP contribution is 2.35. The van der Waals surface area contributed by atoms with Crippen molar-refractivity contribution in [2.24, 2.45) is 0 Å². The van der Waals surface area contributed by atoms with Crippen LogP contribution in [0.2, 0.25) is 5.02 Å². The maximum atomic E-state index is 13.8. The molecule has 1 fully saturated rings. The average Bonchev–Trinajstić information content (AvgIpc) is 3.20. The Bertz CT molecular complexity index is 1150. The number of pyridine rings is 1. The number of hydrogen-bond acceptors (Lipinski definition) is 6. The molecule has 2 aliphatic rings. The molecule has 10 heteroatoms. The number of aromatic nitrogens is 4. The van der Waals surface area contributed by atoms with Crippen molar-refractivity contribution in [2.45, 2.75) is 45.8 Å². The van der Waals surface area contributed by atoms with Crippen LogP contribution >= 0.6 is 11.6 Å². The van der Waals surface area contributed by atoms with Crippen molar-refractivity contribution in [3.8, 4) is 11.4 Å². The van der Waals surface area contributed by atoms with Gasteiger partial charge >= 0.3 is 0 Å². The Hall–Kier alpha value is -2.62. The van der Waals surface area contributed by atoms with E-state index in [2.05, 4.69) is 34.9 Å². The van der Waals surface area contributed by atoms with Gasteiger partial charge in [0.1, 0.15) is 18.8 Å². The zero-order valence-corrected chi connectivity index (χ0v) is 18.6. The summed E-state index contributed by atoms with van der Waals surface area (Å²) < 4.78 is 34.9. The molecule has 32 heavy (non-hydrogen) atoms. The first-order valence-corrected chi connectivity index (χ1v) is 10.9. The number of ether oxygens (including phenoxy) is 1. The average molecular weight is 461 g/mol. The molecule has 0 spiro atoms. The van der Waals surface area contributed by atoms with Crippen molar-refractivity contribution in [2.75, 3.05) is 18.0 Å². The lowest BCUT2D eigenvalue weighted by Gasteiger charge is -2.35. The molecule has 2 atom stereocenters.